The Morgan fingerprint density at radius 1 is 1.10 bits per heavy atom. The molecule has 21 heavy (non-hydrogen) atoms. The highest BCUT2D eigenvalue weighted by atomic mass is 19.1. The molecular weight excluding hydrogens is 267 g/mol. The summed E-state index contributed by atoms with van der Waals surface area (Å²) in [6.45, 7) is 3.12. The van der Waals surface area contributed by atoms with Crippen molar-refractivity contribution in [3.05, 3.63) is 71.0 Å². The second-order valence-electron chi connectivity index (χ2n) is 4.94. The topological polar surface area (TPSA) is 41.1 Å². The van der Waals surface area contributed by atoms with Gasteiger partial charge in [0.25, 0.3) is 0 Å². The van der Waals surface area contributed by atoms with E-state index in [9.17, 15) is 9.18 Å². The molecule has 0 fully saturated rings. The lowest BCUT2D eigenvalue weighted by molar-refractivity contribution is -0.120. The Hall–Kier alpha value is -2.20. The number of hydrogen-bond acceptors (Lipinski definition) is 2. The molecule has 0 spiro atoms. The van der Waals surface area contributed by atoms with Crippen molar-refractivity contribution in [3.63, 3.8) is 0 Å². The van der Waals surface area contributed by atoms with E-state index in [0.29, 0.717) is 13.1 Å². The molecule has 0 bridgehead atoms. The van der Waals surface area contributed by atoms with E-state index in [0.717, 1.165) is 16.7 Å². The summed E-state index contributed by atoms with van der Waals surface area (Å²) < 4.78 is 13.1. The van der Waals surface area contributed by atoms with Crippen molar-refractivity contribution in [1.29, 1.82) is 0 Å². The summed E-state index contributed by atoms with van der Waals surface area (Å²) in [4.78, 5) is 11.7. The van der Waals surface area contributed by atoms with Crippen LogP contribution in [-0.4, -0.2) is 12.5 Å². The Bertz CT molecular complexity index is 599. The van der Waals surface area contributed by atoms with Gasteiger partial charge >= 0.3 is 0 Å². The summed E-state index contributed by atoms with van der Waals surface area (Å²) >= 11 is 0. The molecule has 2 aromatic carbocycles. The minimum Gasteiger partial charge on any atom is -0.351 e. The van der Waals surface area contributed by atoms with Gasteiger partial charge < -0.3 is 10.6 Å². The third kappa shape index (κ3) is 5.00. The third-order valence-electron chi connectivity index (χ3n) is 3.24. The van der Waals surface area contributed by atoms with Crippen LogP contribution < -0.4 is 10.6 Å². The Kier molecular flexibility index (Phi) is 5.46. The molecule has 2 aromatic rings. The molecule has 0 unspecified atom stereocenters. The fourth-order valence-corrected chi connectivity index (χ4v) is 2.00. The summed E-state index contributed by atoms with van der Waals surface area (Å²) in [6.07, 6.45) is 0. The standard InChI is InChI=1S/C17H19FN2O/c1-13-7-8-16(18)9-15(13)11-19-12-17(21)20-10-14-5-3-2-4-6-14/h2-9,19H,10-12H2,1H3,(H,20,21). The van der Waals surface area contributed by atoms with Crippen LogP contribution in [-0.2, 0) is 17.9 Å². The van der Waals surface area contributed by atoms with Crippen LogP contribution in [0.25, 0.3) is 0 Å². The first-order valence-corrected chi connectivity index (χ1v) is 6.91. The molecule has 0 radical (unpaired) electrons. The first kappa shape index (κ1) is 15.2. The van der Waals surface area contributed by atoms with Crippen LogP contribution in [0.5, 0.6) is 0 Å². The Labute approximate surface area is 124 Å². The molecule has 0 saturated heterocycles. The largest absolute Gasteiger partial charge is 0.351 e. The maximum Gasteiger partial charge on any atom is 0.234 e. The van der Waals surface area contributed by atoms with Crippen LogP contribution in [0.15, 0.2) is 48.5 Å². The molecule has 0 aromatic heterocycles. The van der Waals surface area contributed by atoms with Crippen LogP contribution in [0.4, 0.5) is 4.39 Å². The highest BCUT2D eigenvalue weighted by Gasteiger charge is 2.03. The van der Waals surface area contributed by atoms with Crippen molar-refractivity contribution < 1.29 is 9.18 Å². The van der Waals surface area contributed by atoms with E-state index in [1.165, 1.54) is 12.1 Å². The minimum absolute atomic E-state index is 0.0760. The van der Waals surface area contributed by atoms with Crippen LogP contribution in [0.1, 0.15) is 16.7 Å². The van der Waals surface area contributed by atoms with Crippen LogP contribution in [0, 0.1) is 12.7 Å². The maximum atomic E-state index is 13.1. The molecule has 110 valence electrons. The van der Waals surface area contributed by atoms with E-state index < -0.39 is 0 Å². The smallest absolute Gasteiger partial charge is 0.234 e. The van der Waals surface area contributed by atoms with Crippen molar-refractivity contribution in [2.45, 2.75) is 20.0 Å². The first-order valence-electron chi connectivity index (χ1n) is 6.91. The van der Waals surface area contributed by atoms with Crippen molar-refractivity contribution in [2.75, 3.05) is 6.54 Å². The summed E-state index contributed by atoms with van der Waals surface area (Å²) in [5.74, 6) is -0.334. The van der Waals surface area contributed by atoms with Gasteiger partial charge in [-0.3, -0.25) is 4.79 Å². The lowest BCUT2D eigenvalue weighted by Crippen LogP contribution is -2.33. The SMILES string of the molecule is Cc1ccc(F)cc1CNCC(=O)NCc1ccccc1. The molecule has 2 N–H and O–H groups in total. The van der Waals surface area contributed by atoms with Gasteiger partial charge in [0.15, 0.2) is 0 Å². The van der Waals surface area contributed by atoms with Gasteiger partial charge in [0.1, 0.15) is 5.82 Å². The summed E-state index contributed by atoms with van der Waals surface area (Å²) in [5.41, 5.74) is 2.94. The molecule has 0 aliphatic heterocycles. The Morgan fingerprint density at radius 3 is 2.62 bits per heavy atom. The van der Waals surface area contributed by atoms with Gasteiger partial charge in [0, 0.05) is 13.1 Å². The van der Waals surface area contributed by atoms with Crippen molar-refractivity contribution >= 4 is 5.91 Å². The highest BCUT2D eigenvalue weighted by molar-refractivity contribution is 5.77. The van der Waals surface area contributed by atoms with Gasteiger partial charge in [0.2, 0.25) is 5.91 Å². The second-order valence-corrected chi connectivity index (χ2v) is 4.94. The molecule has 2 rings (SSSR count). The highest BCUT2D eigenvalue weighted by Crippen LogP contribution is 2.09. The van der Waals surface area contributed by atoms with E-state index in [1.807, 2.05) is 37.3 Å². The molecule has 0 aliphatic rings. The number of amides is 1. The van der Waals surface area contributed by atoms with Gasteiger partial charge in [-0.1, -0.05) is 36.4 Å². The molecule has 4 heteroatoms. The molecule has 0 atom stereocenters. The van der Waals surface area contributed by atoms with Crippen molar-refractivity contribution in [2.24, 2.45) is 0 Å². The average Bonchev–Trinajstić information content (AvgIpc) is 2.50. The minimum atomic E-state index is -0.258. The predicted octanol–water partition coefficient (Wildman–Crippen LogP) is 2.54. The third-order valence-corrected chi connectivity index (χ3v) is 3.24. The quantitative estimate of drug-likeness (QED) is 0.857. The van der Waals surface area contributed by atoms with Gasteiger partial charge in [-0.25, -0.2) is 4.39 Å². The molecular formula is C17H19FN2O. The number of aryl methyl sites for hydroxylation is 1. The lowest BCUT2D eigenvalue weighted by Gasteiger charge is -2.09. The number of carbonyl (C=O) groups excluding carboxylic acids is 1. The zero-order valence-electron chi connectivity index (χ0n) is 12.0. The van der Waals surface area contributed by atoms with Gasteiger partial charge in [-0.05, 0) is 35.7 Å². The molecule has 1 amide bonds. The van der Waals surface area contributed by atoms with Gasteiger partial charge in [-0.15, -0.1) is 0 Å². The van der Waals surface area contributed by atoms with Crippen molar-refractivity contribution in [1.82, 2.24) is 10.6 Å². The number of nitrogens with one attached hydrogen (secondary N) is 2. The second kappa shape index (κ2) is 7.55. The fraction of sp³-hybridized carbons (Fsp3) is 0.235. The number of benzene rings is 2. The number of carbonyl (C=O) groups is 1. The van der Waals surface area contributed by atoms with Crippen LogP contribution in [0.2, 0.25) is 0 Å². The zero-order chi connectivity index (χ0) is 15.1. The van der Waals surface area contributed by atoms with Crippen LogP contribution in [0.3, 0.4) is 0 Å². The number of rotatable bonds is 6. The normalized spacial score (nSPS) is 10.4. The summed E-state index contributed by atoms with van der Waals surface area (Å²) in [5, 5.41) is 5.86. The molecule has 0 saturated carbocycles. The van der Waals surface area contributed by atoms with E-state index in [4.69, 9.17) is 0 Å². The number of hydrogen-bond donors (Lipinski definition) is 2. The van der Waals surface area contributed by atoms with Gasteiger partial charge in [-0.2, -0.15) is 0 Å². The van der Waals surface area contributed by atoms with E-state index in [-0.39, 0.29) is 18.3 Å². The molecule has 0 heterocycles. The Balaban J connectivity index is 1.73. The predicted molar refractivity (Wildman–Crippen MR) is 81.1 cm³/mol. The van der Waals surface area contributed by atoms with Gasteiger partial charge in [0.05, 0.1) is 6.54 Å². The summed E-state index contributed by atoms with van der Waals surface area (Å²) in [6, 6.07) is 14.4. The zero-order valence-corrected chi connectivity index (χ0v) is 12.0. The monoisotopic (exact) mass is 286 g/mol. The summed E-state index contributed by atoms with van der Waals surface area (Å²) in [7, 11) is 0. The average molecular weight is 286 g/mol. The van der Waals surface area contributed by atoms with E-state index in [2.05, 4.69) is 10.6 Å². The lowest BCUT2D eigenvalue weighted by atomic mass is 10.1. The first-order chi connectivity index (χ1) is 10.1. The van der Waals surface area contributed by atoms with E-state index >= 15 is 0 Å². The molecule has 0 aliphatic carbocycles. The molecule has 3 nitrogen and oxygen atoms in total. The maximum absolute atomic E-state index is 13.1. The fourth-order valence-electron chi connectivity index (χ4n) is 2.00. The van der Waals surface area contributed by atoms with Crippen LogP contribution >= 0.6 is 0 Å². The Morgan fingerprint density at radius 2 is 1.86 bits per heavy atom. The van der Waals surface area contributed by atoms with E-state index in [1.54, 1.807) is 6.07 Å². The number of halogens is 1. The van der Waals surface area contributed by atoms with Crippen molar-refractivity contribution in [3.8, 4) is 0 Å².